The first-order chi connectivity index (χ1) is 13.7. The number of sulfone groups is 2. The van der Waals surface area contributed by atoms with Crippen LogP contribution in [0.2, 0.25) is 0 Å². The Morgan fingerprint density at radius 1 is 0.800 bits per heavy atom. The molecule has 0 aromatic heterocycles. The van der Waals surface area contributed by atoms with E-state index >= 15 is 0 Å². The molecule has 2 fully saturated rings. The van der Waals surface area contributed by atoms with Crippen molar-refractivity contribution in [3.63, 3.8) is 0 Å². The second-order valence-corrected chi connectivity index (χ2v) is 11.6. The van der Waals surface area contributed by atoms with E-state index in [1.54, 1.807) is 0 Å². The maximum atomic E-state index is 12.1. The van der Waals surface area contributed by atoms with E-state index in [-0.39, 0.29) is 47.3 Å². The molecule has 0 spiro atoms. The standard InChI is InChI=1S/C15H20N2O11S2/c1-29(23,24)5-3-9-7-11(18)16(13(9)20)27-15(22)28-17-12(19)8-10(14(17)21)4-6-30(2,25)26/h9-10H,3-8H2,1-2H3. The second kappa shape index (κ2) is 8.67. The lowest BCUT2D eigenvalue weighted by molar-refractivity contribution is -0.199. The van der Waals surface area contributed by atoms with Gasteiger partial charge in [0.15, 0.2) is 0 Å². The van der Waals surface area contributed by atoms with E-state index in [2.05, 4.69) is 9.68 Å². The number of nitrogens with zero attached hydrogens (tertiary/aromatic N) is 2. The van der Waals surface area contributed by atoms with Crippen LogP contribution < -0.4 is 0 Å². The monoisotopic (exact) mass is 468 g/mol. The molecular weight excluding hydrogens is 448 g/mol. The van der Waals surface area contributed by atoms with Gasteiger partial charge in [0.2, 0.25) is 0 Å². The Balaban J connectivity index is 1.93. The van der Waals surface area contributed by atoms with Gasteiger partial charge in [-0.05, 0) is 12.8 Å². The van der Waals surface area contributed by atoms with Gasteiger partial charge in [-0.25, -0.2) is 16.8 Å². The fourth-order valence-corrected chi connectivity index (χ4v) is 4.29. The Bertz CT molecular complexity index is 908. The van der Waals surface area contributed by atoms with Crippen molar-refractivity contribution in [3.05, 3.63) is 0 Å². The van der Waals surface area contributed by atoms with Crippen LogP contribution in [-0.4, -0.2) is 80.8 Å². The number of hydrogen-bond donors (Lipinski definition) is 0. The van der Waals surface area contributed by atoms with Gasteiger partial charge in [-0.3, -0.25) is 28.9 Å². The lowest BCUT2D eigenvalue weighted by Gasteiger charge is -2.16. The molecule has 4 amide bonds. The molecular formula is C15H20N2O11S2. The fraction of sp³-hybridized carbons (Fsp3) is 0.667. The normalized spacial score (nSPS) is 22.7. The van der Waals surface area contributed by atoms with Crippen molar-refractivity contribution in [2.24, 2.45) is 11.8 Å². The van der Waals surface area contributed by atoms with Crippen LogP contribution in [-0.2, 0) is 48.5 Å². The van der Waals surface area contributed by atoms with Gasteiger partial charge in [-0.1, -0.05) is 10.1 Å². The number of carbonyl (C=O) groups is 5. The van der Waals surface area contributed by atoms with Crippen LogP contribution in [0.3, 0.4) is 0 Å². The van der Waals surface area contributed by atoms with E-state index in [1.807, 2.05) is 0 Å². The lowest BCUT2D eigenvalue weighted by atomic mass is 10.1. The predicted octanol–water partition coefficient (Wildman–Crippen LogP) is -1.41. The van der Waals surface area contributed by atoms with E-state index in [4.69, 9.17) is 0 Å². The van der Waals surface area contributed by atoms with Crippen molar-refractivity contribution in [2.45, 2.75) is 25.7 Å². The number of imide groups is 2. The van der Waals surface area contributed by atoms with Gasteiger partial charge in [0, 0.05) is 25.4 Å². The van der Waals surface area contributed by atoms with Crippen LogP contribution in [0.4, 0.5) is 4.79 Å². The summed E-state index contributed by atoms with van der Waals surface area (Å²) in [6, 6.07) is 0. The van der Waals surface area contributed by atoms with Crippen LogP contribution >= 0.6 is 0 Å². The van der Waals surface area contributed by atoms with Crippen molar-refractivity contribution >= 4 is 49.5 Å². The number of hydrogen-bond acceptors (Lipinski definition) is 11. The maximum Gasteiger partial charge on any atom is 0.560 e. The first-order valence-electron chi connectivity index (χ1n) is 8.67. The molecule has 2 atom stereocenters. The first-order valence-corrected chi connectivity index (χ1v) is 12.8. The smallest absolute Gasteiger partial charge is 0.293 e. The van der Waals surface area contributed by atoms with Crippen LogP contribution in [0.1, 0.15) is 25.7 Å². The van der Waals surface area contributed by atoms with Crippen LogP contribution in [0, 0.1) is 11.8 Å². The highest BCUT2D eigenvalue weighted by molar-refractivity contribution is 7.90. The van der Waals surface area contributed by atoms with Gasteiger partial charge in [-0.2, -0.15) is 4.79 Å². The van der Waals surface area contributed by atoms with Gasteiger partial charge in [-0.15, -0.1) is 0 Å². The van der Waals surface area contributed by atoms with Crippen molar-refractivity contribution in [1.82, 2.24) is 10.1 Å². The van der Waals surface area contributed by atoms with Gasteiger partial charge in [0.25, 0.3) is 23.6 Å². The molecule has 0 aliphatic carbocycles. The van der Waals surface area contributed by atoms with Crippen molar-refractivity contribution in [2.75, 3.05) is 24.0 Å². The number of rotatable bonds is 8. The molecule has 13 nitrogen and oxygen atoms in total. The zero-order valence-corrected chi connectivity index (χ0v) is 17.7. The third-order valence-electron chi connectivity index (χ3n) is 4.40. The third-order valence-corrected chi connectivity index (χ3v) is 6.35. The summed E-state index contributed by atoms with van der Waals surface area (Å²) >= 11 is 0. The number of amides is 4. The summed E-state index contributed by atoms with van der Waals surface area (Å²) in [5.41, 5.74) is 0. The Labute approximate surface area is 172 Å². The molecule has 168 valence electrons. The largest absolute Gasteiger partial charge is 0.560 e. The van der Waals surface area contributed by atoms with Crippen molar-refractivity contribution in [3.8, 4) is 0 Å². The van der Waals surface area contributed by atoms with Crippen LogP contribution in [0.5, 0.6) is 0 Å². The summed E-state index contributed by atoms with van der Waals surface area (Å²) in [4.78, 5) is 68.9. The average Bonchev–Trinajstić information content (AvgIpc) is 3.01. The number of hydroxylamine groups is 4. The number of carbonyl (C=O) groups excluding carboxylic acids is 5. The summed E-state index contributed by atoms with van der Waals surface area (Å²) in [6.45, 7) is 0. The molecule has 2 unspecified atom stereocenters. The molecule has 2 heterocycles. The summed E-state index contributed by atoms with van der Waals surface area (Å²) in [5.74, 6) is -6.44. The Hall–Kier alpha value is -2.55. The summed E-state index contributed by atoms with van der Waals surface area (Å²) in [7, 11) is -6.75. The topological polar surface area (TPSA) is 179 Å². The minimum Gasteiger partial charge on any atom is -0.293 e. The van der Waals surface area contributed by atoms with Crippen LogP contribution in [0.15, 0.2) is 0 Å². The summed E-state index contributed by atoms with van der Waals surface area (Å²) < 4.78 is 44.8. The molecule has 0 radical (unpaired) electrons. The minimum atomic E-state index is -3.37. The Morgan fingerprint density at radius 3 is 1.43 bits per heavy atom. The van der Waals surface area contributed by atoms with E-state index in [9.17, 15) is 40.8 Å². The molecule has 2 saturated heterocycles. The van der Waals surface area contributed by atoms with Gasteiger partial charge in [0.05, 0.1) is 23.3 Å². The molecule has 30 heavy (non-hydrogen) atoms. The SMILES string of the molecule is CS(=O)(=O)CCC1CC(=O)N(OC(=O)ON2C(=O)CC(CCS(C)(=O)=O)C2=O)C1=O. The zero-order chi connectivity index (χ0) is 22.9. The molecule has 0 bridgehead atoms. The van der Waals surface area contributed by atoms with Gasteiger partial charge in [0.1, 0.15) is 19.7 Å². The Morgan fingerprint density at radius 2 is 1.13 bits per heavy atom. The van der Waals surface area contributed by atoms with Crippen molar-refractivity contribution < 1.29 is 50.5 Å². The molecule has 2 aliphatic rings. The molecule has 2 aliphatic heterocycles. The highest BCUT2D eigenvalue weighted by Crippen LogP contribution is 2.26. The van der Waals surface area contributed by atoms with Gasteiger partial charge < -0.3 is 0 Å². The second-order valence-electron chi connectivity index (χ2n) is 7.12. The van der Waals surface area contributed by atoms with E-state index in [0.717, 1.165) is 12.5 Å². The molecule has 15 heteroatoms. The highest BCUT2D eigenvalue weighted by Gasteiger charge is 2.45. The van der Waals surface area contributed by atoms with Crippen LogP contribution in [0.25, 0.3) is 0 Å². The minimum absolute atomic E-state index is 0.0987. The van der Waals surface area contributed by atoms with E-state index in [0.29, 0.717) is 0 Å². The first kappa shape index (κ1) is 23.7. The van der Waals surface area contributed by atoms with Gasteiger partial charge >= 0.3 is 6.16 Å². The fourth-order valence-electron chi connectivity index (χ4n) is 2.86. The van der Waals surface area contributed by atoms with E-state index in [1.165, 1.54) is 0 Å². The highest BCUT2D eigenvalue weighted by atomic mass is 32.2. The molecule has 2 rings (SSSR count). The average molecular weight is 468 g/mol. The lowest BCUT2D eigenvalue weighted by Crippen LogP contribution is -2.39. The maximum absolute atomic E-state index is 12.1. The molecule has 0 N–H and O–H groups in total. The van der Waals surface area contributed by atoms with E-state index < -0.39 is 61.3 Å². The molecule has 0 aromatic rings. The Kier molecular flexibility index (Phi) is 6.86. The molecule has 0 aromatic carbocycles. The zero-order valence-electron chi connectivity index (χ0n) is 16.1. The quantitative estimate of drug-likeness (QED) is 0.382. The van der Waals surface area contributed by atoms with Crippen molar-refractivity contribution in [1.29, 1.82) is 0 Å². The third kappa shape index (κ3) is 6.22. The summed E-state index contributed by atoms with van der Waals surface area (Å²) in [5, 5.41) is 0.197. The predicted molar refractivity (Wildman–Crippen MR) is 96.1 cm³/mol. The summed E-state index contributed by atoms with van der Waals surface area (Å²) in [6.07, 6.45) is -0.827. The molecule has 0 saturated carbocycles.